The van der Waals surface area contributed by atoms with Crippen LogP contribution in [0.4, 0.5) is 22.0 Å². The lowest BCUT2D eigenvalue weighted by molar-refractivity contribution is -0.275. The van der Waals surface area contributed by atoms with E-state index in [1.165, 1.54) is 6.07 Å². The van der Waals surface area contributed by atoms with E-state index in [0.29, 0.717) is 0 Å². The second-order valence-corrected chi connectivity index (χ2v) is 7.12. The lowest BCUT2D eigenvalue weighted by Gasteiger charge is -2.30. The van der Waals surface area contributed by atoms with Crippen LogP contribution in [0.5, 0.6) is 0 Å². The molecule has 2 aromatic rings. The Bertz CT molecular complexity index is 972. The highest BCUT2D eigenvalue weighted by atomic mass is 35.5. The van der Waals surface area contributed by atoms with Gasteiger partial charge in [-0.3, -0.25) is 0 Å². The van der Waals surface area contributed by atoms with Gasteiger partial charge in [0, 0.05) is 21.2 Å². The SMILES string of the molecule is O=C(O)c1ccc(C(F)(F)C2=NOC(c3cc(Cl)cc(Cl)c3)(C(F)(F)F)C2)cc1. The molecular formula is C18H10Cl2F5NO3. The van der Waals surface area contributed by atoms with Crippen molar-refractivity contribution >= 4 is 34.9 Å². The van der Waals surface area contributed by atoms with Crippen molar-refractivity contribution in [2.75, 3.05) is 0 Å². The van der Waals surface area contributed by atoms with E-state index in [1.54, 1.807) is 0 Å². The molecule has 0 saturated carbocycles. The lowest BCUT2D eigenvalue weighted by atomic mass is 9.85. The molecule has 1 heterocycles. The molecule has 1 aliphatic heterocycles. The fourth-order valence-corrected chi connectivity index (χ4v) is 3.37. The standard InChI is InChI=1S/C18H10Cl2F5NO3/c19-12-5-11(6-13(20)7-12)16(18(23,24)25)8-14(26-29-16)17(21,22)10-3-1-9(2-4-10)15(27)28/h1-7H,8H2,(H,27,28). The Morgan fingerprint density at radius 3 is 2.07 bits per heavy atom. The number of benzene rings is 2. The highest BCUT2D eigenvalue weighted by molar-refractivity contribution is 6.34. The predicted molar refractivity (Wildman–Crippen MR) is 94.6 cm³/mol. The van der Waals surface area contributed by atoms with Crippen LogP contribution in [0, 0.1) is 0 Å². The van der Waals surface area contributed by atoms with Crippen LogP contribution in [-0.2, 0) is 16.4 Å². The van der Waals surface area contributed by atoms with E-state index in [4.69, 9.17) is 28.3 Å². The number of alkyl halides is 5. The summed E-state index contributed by atoms with van der Waals surface area (Å²) in [6, 6.07) is 6.45. The van der Waals surface area contributed by atoms with Crippen LogP contribution < -0.4 is 0 Å². The topological polar surface area (TPSA) is 58.9 Å². The lowest BCUT2D eigenvalue weighted by Crippen LogP contribution is -2.43. The molecule has 0 spiro atoms. The fourth-order valence-electron chi connectivity index (χ4n) is 2.85. The first-order chi connectivity index (χ1) is 13.4. The van der Waals surface area contributed by atoms with Gasteiger partial charge in [0.25, 0.3) is 5.60 Å². The summed E-state index contributed by atoms with van der Waals surface area (Å²) >= 11 is 11.5. The van der Waals surface area contributed by atoms with Crippen LogP contribution in [0.2, 0.25) is 10.0 Å². The van der Waals surface area contributed by atoms with Crippen LogP contribution in [0.15, 0.2) is 47.6 Å². The van der Waals surface area contributed by atoms with Gasteiger partial charge in [-0.2, -0.15) is 22.0 Å². The number of rotatable bonds is 4. The Balaban J connectivity index is 2.00. The Hall–Kier alpha value is -2.39. The van der Waals surface area contributed by atoms with Gasteiger partial charge in [-0.25, -0.2) is 4.79 Å². The van der Waals surface area contributed by atoms with Crippen molar-refractivity contribution in [2.24, 2.45) is 5.16 Å². The minimum Gasteiger partial charge on any atom is -0.478 e. The number of hydrogen-bond acceptors (Lipinski definition) is 3. The molecule has 1 atom stereocenters. The van der Waals surface area contributed by atoms with E-state index in [-0.39, 0.29) is 15.6 Å². The number of halogens is 7. The van der Waals surface area contributed by atoms with E-state index in [1.807, 2.05) is 0 Å². The number of carbonyl (C=O) groups is 1. The molecule has 3 rings (SSSR count). The largest absolute Gasteiger partial charge is 0.478 e. The number of nitrogens with zero attached hydrogens (tertiary/aromatic N) is 1. The number of aromatic carboxylic acids is 1. The smallest absolute Gasteiger partial charge is 0.435 e. The summed E-state index contributed by atoms with van der Waals surface area (Å²) < 4.78 is 71.3. The predicted octanol–water partition coefficient (Wildman–Crippen LogP) is 6.02. The third-order valence-electron chi connectivity index (χ3n) is 4.37. The first kappa shape index (κ1) is 21.3. The molecule has 0 bridgehead atoms. The van der Waals surface area contributed by atoms with Gasteiger partial charge in [0.15, 0.2) is 0 Å². The molecule has 0 saturated heterocycles. The maximum Gasteiger partial charge on any atom is 0.435 e. The maximum atomic E-state index is 14.8. The molecule has 1 aliphatic rings. The molecule has 29 heavy (non-hydrogen) atoms. The summed E-state index contributed by atoms with van der Waals surface area (Å²) in [6.07, 6.45) is -6.42. The Morgan fingerprint density at radius 2 is 1.59 bits per heavy atom. The van der Waals surface area contributed by atoms with E-state index >= 15 is 0 Å². The van der Waals surface area contributed by atoms with Gasteiger partial charge in [-0.1, -0.05) is 40.5 Å². The summed E-state index contributed by atoms with van der Waals surface area (Å²) in [5, 5.41) is 11.6. The average molecular weight is 454 g/mol. The van der Waals surface area contributed by atoms with Gasteiger partial charge in [-0.05, 0) is 30.3 Å². The Labute approximate surface area is 170 Å². The zero-order valence-electron chi connectivity index (χ0n) is 14.1. The Kier molecular flexibility index (Phi) is 5.25. The van der Waals surface area contributed by atoms with Gasteiger partial charge >= 0.3 is 18.1 Å². The monoisotopic (exact) mass is 453 g/mol. The van der Waals surface area contributed by atoms with Crippen molar-refractivity contribution in [3.05, 3.63) is 69.2 Å². The molecule has 0 aromatic heterocycles. The molecular weight excluding hydrogens is 444 g/mol. The summed E-state index contributed by atoms with van der Waals surface area (Å²) in [5.41, 5.74) is -5.92. The molecule has 0 amide bonds. The Morgan fingerprint density at radius 1 is 1.03 bits per heavy atom. The highest BCUT2D eigenvalue weighted by Crippen LogP contribution is 2.51. The van der Waals surface area contributed by atoms with Crippen molar-refractivity contribution in [3.8, 4) is 0 Å². The third-order valence-corrected chi connectivity index (χ3v) is 4.81. The van der Waals surface area contributed by atoms with Gasteiger partial charge in [-0.15, -0.1) is 0 Å². The molecule has 2 aromatic carbocycles. The van der Waals surface area contributed by atoms with Gasteiger partial charge in [0.2, 0.25) is 0 Å². The van der Waals surface area contributed by atoms with E-state index in [2.05, 4.69) is 9.99 Å². The van der Waals surface area contributed by atoms with Gasteiger partial charge in [0.1, 0.15) is 5.71 Å². The van der Waals surface area contributed by atoms with Crippen LogP contribution >= 0.6 is 23.2 Å². The molecule has 1 N–H and O–H groups in total. The van der Waals surface area contributed by atoms with Gasteiger partial charge in [0.05, 0.1) is 12.0 Å². The normalized spacial score (nSPS) is 19.6. The first-order valence-electron chi connectivity index (χ1n) is 7.87. The van der Waals surface area contributed by atoms with Crippen molar-refractivity contribution in [3.63, 3.8) is 0 Å². The molecule has 4 nitrogen and oxygen atoms in total. The molecule has 154 valence electrons. The van der Waals surface area contributed by atoms with Crippen molar-refractivity contribution < 1.29 is 36.7 Å². The van der Waals surface area contributed by atoms with Crippen LogP contribution in [-0.4, -0.2) is 23.0 Å². The third kappa shape index (κ3) is 3.76. The maximum absolute atomic E-state index is 14.8. The minimum absolute atomic E-state index is 0.135. The summed E-state index contributed by atoms with van der Waals surface area (Å²) in [5.74, 6) is -5.28. The second kappa shape index (κ2) is 7.14. The van der Waals surface area contributed by atoms with E-state index < -0.39 is 46.9 Å². The first-order valence-corrected chi connectivity index (χ1v) is 8.63. The minimum atomic E-state index is -5.12. The van der Waals surface area contributed by atoms with Crippen LogP contribution in [0.25, 0.3) is 0 Å². The van der Waals surface area contributed by atoms with Crippen LogP contribution in [0.3, 0.4) is 0 Å². The average Bonchev–Trinajstić information content (AvgIpc) is 3.08. The summed E-state index contributed by atoms with van der Waals surface area (Å²) in [4.78, 5) is 15.4. The quantitative estimate of drug-likeness (QED) is 0.576. The van der Waals surface area contributed by atoms with Crippen molar-refractivity contribution in [2.45, 2.75) is 24.1 Å². The number of oxime groups is 1. The number of hydrogen-bond donors (Lipinski definition) is 1. The molecule has 0 radical (unpaired) electrons. The number of carboxylic acids is 1. The van der Waals surface area contributed by atoms with Gasteiger partial charge < -0.3 is 9.94 Å². The zero-order chi connectivity index (χ0) is 21.6. The molecule has 0 fully saturated rings. The van der Waals surface area contributed by atoms with Crippen LogP contribution in [0.1, 0.15) is 27.9 Å². The molecule has 0 aliphatic carbocycles. The second-order valence-electron chi connectivity index (χ2n) is 6.25. The zero-order valence-corrected chi connectivity index (χ0v) is 15.6. The van der Waals surface area contributed by atoms with E-state index in [0.717, 1.165) is 36.4 Å². The summed E-state index contributed by atoms with van der Waals surface area (Å²) in [6.45, 7) is 0. The fraction of sp³-hybridized carbons (Fsp3) is 0.222. The van der Waals surface area contributed by atoms with E-state index in [9.17, 15) is 26.7 Å². The van der Waals surface area contributed by atoms with Crippen molar-refractivity contribution in [1.29, 1.82) is 0 Å². The van der Waals surface area contributed by atoms with Crippen molar-refractivity contribution in [1.82, 2.24) is 0 Å². The number of carboxylic acid groups (broad SMARTS) is 1. The molecule has 11 heteroatoms. The molecule has 1 unspecified atom stereocenters. The summed E-state index contributed by atoms with van der Waals surface area (Å²) in [7, 11) is 0. The highest BCUT2D eigenvalue weighted by Gasteiger charge is 2.65.